The van der Waals surface area contributed by atoms with Gasteiger partial charge in [-0.1, -0.05) is 112 Å². The van der Waals surface area contributed by atoms with E-state index in [1.54, 1.807) is 12.1 Å². The highest BCUT2D eigenvalue weighted by Crippen LogP contribution is 2.41. The Morgan fingerprint density at radius 3 is 1.84 bits per heavy atom. The van der Waals surface area contributed by atoms with Crippen LogP contribution in [-0.4, -0.2) is 0 Å². The normalized spacial score (nSPS) is 14.9. The summed E-state index contributed by atoms with van der Waals surface area (Å²) in [6.45, 7) is 4.40. The molecule has 1 aliphatic rings. The lowest BCUT2D eigenvalue weighted by molar-refractivity contribution is 0.317. The maximum atomic E-state index is 15.1. The van der Waals surface area contributed by atoms with Crippen LogP contribution in [0.2, 0.25) is 0 Å². The van der Waals surface area contributed by atoms with Gasteiger partial charge >= 0.3 is 0 Å². The molecule has 0 saturated heterocycles. The van der Waals surface area contributed by atoms with Gasteiger partial charge in [0.15, 0.2) is 11.6 Å². The molecule has 0 aromatic heterocycles. The SMILES string of the molecule is CCCC1(CCC)C=CC(c2ccc(-c3ccc(-c4ccccc4)cc3)c(F)c2F)=CC1. The zero-order valence-electron chi connectivity index (χ0n) is 18.9. The zero-order chi connectivity index (χ0) is 22.6. The van der Waals surface area contributed by atoms with E-state index in [1.165, 1.54) is 0 Å². The molecule has 0 aliphatic heterocycles. The van der Waals surface area contributed by atoms with Gasteiger partial charge in [-0.15, -0.1) is 0 Å². The molecule has 4 rings (SSSR count). The summed E-state index contributed by atoms with van der Waals surface area (Å²) < 4.78 is 30.2. The van der Waals surface area contributed by atoms with Crippen LogP contribution in [0.1, 0.15) is 51.5 Å². The first kappa shape index (κ1) is 22.2. The van der Waals surface area contributed by atoms with Crippen LogP contribution in [0, 0.1) is 17.0 Å². The zero-order valence-corrected chi connectivity index (χ0v) is 18.9. The molecule has 0 atom stereocenters. The Morgan fingerprint density at radius 2 is 1.25 bits per heavy atom. The second-order valence-corrected chi connectivity index (χ2v) is 8.79. The average Bonchev–Trinajstić information content (AvgIpc) is 2.83. The summed E-state index contributed by atoms with van der Waals surface area (Å²) in [4.78, 5) is 0. The van der Waals surface area contributed by atoms with E-state index in [-0.39, 0.29) is 11.0 Å². The molecule has 0 radical (unpaired) electrons. The molecule has 0 N–H and O–H groups in total. The smallest absolute Gasteiger partial charge is 0.167 e. The minimum atomic E-state index is -0.789. The molecule has 0 bridgehead atoms. The van der Waals surface area contributed by atoms with Crippen molar-refractivity contribution in [3.63, 3.8) is 0 Å². The third-order valence-electron chi connectivity index (χ3n) is 6.54. The second kappa shape index (κ2) is 9.65. The summed E-state index contributed by atoms with van der Waals surface area (Å²) >= 11 is 0. The van der Waals surface area contributed by atoms with Crippen LogP contribution < -0.4 is 0 Å². The van der Waals surface area contributed by atoms with E-state index in [0.717, 1.165) is 48.8 Å². The van der Waals surface area contributed by atoms with Gasteiger partial charge in [-0.25, -0.2) is 8.78 Å². The minimum Gasteiger partial charge on any atom is -0.203 e. The second-order valence-electron chi connectivity index (χ2n) is 8.79. The number of halogens is 2. The van der Waals surface area contributed by atoms with Gasteiger partial charge in [0.25, 0.3) is 0 Å². The van der Waals surface area contributed by atoms with Crippen LogP contribution >= 0.6 is 0 Å². The van der Waals surface area contributed by atoms with Crippen LogP contribution in [0.3, 0.4) is 0 Å². The van der Waals surface area contributed by atoms with E-state index in [4.69, 9.17) is 0 Å². The van der Waals surface area contributed by atoms with Crippen molar-refractivity contribution < 1.29 is 8.78 Å². The van der Waals surface area contributed by atoms with Gasteiger partial charge in [-0.05, 0) is 46.9 Å². The van der Waals surface area contributed by atoms with Gasteiger partial charge in [0, 0.05) is 11.1 Å². The van der Waals surface area contributed by atoms with Crippen LogP contribution in [0.4, 0.5) is 8.78 Å². The van der Waals surface area contributed by atoms with Crippen LogP contribution in [0.5, 0.6) is 0 Å². The lowest BCUT2D eigenvalue weighted by Crippen LogP contribution is -2.19. The fourth-order valence-electron chi connectivity index (χ4n) is 4.88. The van der Waals surface area contributed by atoms with Gasteiger partial charge in [0.05, 0.1) is 0 Å². The van der Waals surface area contributed by atoms with Crippen molar-refractivity contribution in [1.29, 1.82) is 0 Å². The Labute approximate surface area is 190 Å². The minimum absolute atomic E-state index is 0.155. The van der Waals surface area contributed by atoms with Crippen LogP contribution in [0.25, 0.3) is 27.8 Å². The maximum Gasteiger partial charge on any atom is 0.167 e. The quantitative estimate of drug-likeness (QED) is 0.352. The predicted molar refractivity (Wildman–Crippen MR) is 131 cm³/mol. The first-order valence-electron chi connectivity index (χ1n) is 11.6. The Bertz CT molecular complexity index is 1120. The molecule has 0 unspecified atom stereocenters. The highest BCUT2D eigenvalue weighted by molar-refractivity contribution is 5.78. The van der Waals surface area contributed by atoms with Crippen molar-refractivity contribution in [3.8, 4) is 22.3 Å². The molecule has 3 aromatic rings. The Kier molecular flexibility index (Phi) is 6.69. The summed E-state index contributed by atoms with van der Waals surface area (Å²) in [5.41, 5.74) is 4.37. The predicted octanol–water partition coefficient (Wildman–Crippen LogP) is 9.23. The molecule has 0 saturated carbocycles. The van der Waals surface area contributed by atoms with E-state index in [9.17, 15) is 0 Å². The molecule has 2 heteroatoms. The molecule has 1 aliphatic carbocycles. The molecule has 164 valence electrons. The Balaban J connectivity index is 1.59. The van der Waals surface area contributed by atoms with Gasteiger partial charge in [0.1, 0.15) is 0 Å². The molecule has 0 fully saturated rings. The van der Waals surface area contributed by atoms with Crippen molar-refractivity contribution in [2.45, 2.75) is 46.0 Å². The Hall–Kier alpha value is -3.00. The molecule has 32 heavy (non-hydrogen) atoms. The number of hydrogen-bond acceptors (Lipinski definition) is 0. The highest BCUT2D eigenvalue weighted by atomic mass is 19.2. The fourth-order valence-corrected chi connectivity index (χ4v) is 4.88. The highest BCUT2D eigenvalue weighted by Gasteiger charge is 2.27. The molecular weight excluding hydrogens is 398 g/mol. The first-order valence-corrected chi connectivity index (χ1v) is 11.6. The summed E-state index contributed by atoms with van der Waals surface area (Å²) in [5.74, 6) is -1.56. The van der Waals surface area contributed by atoms with Crippen LogP contribution in [0.15, 0.2) is 85.0 Å². The summed E-state index contributed by atoms with van der Waals surface area (Å²) in [6.07, 6.45) is 11.7. The lowest BCUT2D eigenvalue weighted by Gasteiger charge is -2.32. The first-order chi connectivity index (χ1) is 15.6. The van der Waals surface area contributed by atoms with E-state index in [1.807, 2.05) is 60.7 Å². The van der Waals surface area contributed by atoms with Crippen molar-refractivity contribution in [1.82, 2.24) is 0 Å². The molecular formula is C30H30F2. The largest absolute Gasteiger partial charge is 0.203 e. The van der Waals surface area contributed by atoms with Gasteiger partial charge < -0.3 is 0 Å². The number of allylic oxidation sites excluding steroid dienone is 4. The van der Waals surface area contributed by atoms with Crippen molar-refractivity contribution in [2.24, 2.45) is 5.41 Å². The average molecular weight is 429 g/mol. The fraction of sp³-hybridized carbons (Fsp3) is 0.267. The molecule has 0 nitrogen and oxygen atoms in total. The molecule has 0 amide bonds. The van der Waals surface area contributed by atoms with E-state index >= 15 is 8.78 Å². The van der Waals surface area contributed by atoms with Gasteiger partial charge in [-0.2, -0.15) is 0 Å². The molecule has 0 heterocycles. The summed E-state index contributed by atoms with van der Waals surface area (Å²) in [6, 6.07) is 21.0. The summed E-state index contributed by atoms with van der Waals surface area (Å²) in [7, 11) is 0. The van der Waals surface area contributed by atoms with Gasteiger partial charge in [-0.3, -0.25) is 0 Å². The van der Waals surface area contributed by atoms with E-state index in [2.05, 4.69) is 26.0 Å². The van der Waals surface area contributed by atoms with Crippen molar-refractivity contribution >= 4 is 5.57 Å². The van der Waals surface area contributed by atoms with E-state index < -0.39 is 11.6 Å². The third kappa shape index (κ3) is 4.46. The molecule has 0 spiro atoms. The lowest BCUT2D eigenvalue weighted by atomic mass is 9.73. The topological polar surface area (TPSA) is 0 Å². The van der Waals surface area contributed by atoms with E-state index in [0.29, 0.717) is 11.1 Å². The Morgan fingerprint density at radius 1 is 0.688 bits per heavy atom. The third-order valence-corrected chi connectivity index (χ3v) is 6.54. The molecule has 3 aromatic carbocycles. The number of benzene rings is 3. The standard InChI is InChI=1S/C30H30F2/c1-3-18-30(19-4-2)20-16-25(17-21-30)27-15-14-26(28(31)29(27)32)24-12-10-23(11-13-24)22-8-6-5-7-9-22/h5-17,20H,3-4,18-19,21H2,1-2H3. The summed E-state index contributed by atoms with van der Waals surface area (Å²) in [5, 5.41) is 0. The monoisotopic (exact) mass is 428 g/mol. The van der Waals surface area contributed by atoms with Gasteiger partial charge in [0.2, 0.25) is 0 Å². The number of rotatable bonds is 7. The number of hydrogen-bond donors (Lipinski definition) is 0. The maximum absolute atomic E-state index is 15.1. The van der Waals surface area contributed by atoms with Crippen molar-refractivity contribution in [3.05, 3.63) is 102 Å². The van der Waals surface area contributed by atoms with Crippen LogP contribution in [-0.2, 0) is 0 Å². The van der Waals surface area contributed by atoms with Crippen molar-refractivity contribution in [2.75, 3.05) is 0 Å².